The molecule has 2 aromatic rings. The highest BCUT2D eigenvalue weighted by Crippen LogP contribution is 2.19. The summed E-state index contributed by atoms with van der Waals surface area (Å²) >= 11 is 5.93. The van der Waals surface area contributed by atoms with Gasteiger partial charge in [-0.15, -0.1) is 0 Å². The van der Waals surface area contributed by atoms with Crippen molar-refractivity contribution in [3.8, 4) is 11.5 Å². The molecule has 0 radical (unpaired) electrons. The molecule has 0 fully saturated rings. The first-order chi connectivity index (χ1) is 11.6. The Labute approximate surface area is 147 Å². The summed E-state index contributed by atoms with van der Waals surface area (Å²) in [6.07, 6.45) is 0.0127. The Morgan fingerprint density at radius 2 is 2.00 bits per heavy atom. The Bertz CT molecular complexity index is 675. The minimum Gasteiger partial charge on any atom is -0.491 e. The molecule has 4 nitrogen and oxygen atoms in total. The van der Waals surface area contributed by atoms with E-state index in [1.807, 2.05) is 38.1 Å². The standard InChI is InChI=1S/C19H22ClNO3/c1-3-17(24-16-9-6-8-15(20)13-16)19(22)21-11-12-23-18-10-5-4-7-14(18)2/h4-10,13,17H,3,11-12H2,1-2H3,(H,21,22). The largest absolute Gasteiger partial charge is 0.491 e. The van der Waals surface area contributed by atoms with E-state index in [-0.39, 0.29) is 5.91 Å². The molecule has 0 aliphatic carbocycles. The third kappa shape index (κ3) is 5.46. The number of carbonyl (C=O) groups excluding carboxylic acids is 1. The molecule has 0 bridgehead atoms. The highest BCUT2D eigenvalue weighted by Gasteiger charge is 2.18. The molecule has 2 rings (SSSR count). The smallest absolute Gasteiger partial charge is 0.261 e. The molecular weight excluding hydrogens is 326 g/mol. The monoisotopic (exact) mass is 347 g/mol. The number of halogens is 1. The molecule has 0 aliphatic heterocycles. The average Bonchev–Trinajstić information content (AvgIpc) is 2.58. The number of para-hydroxylation sites is 1. The molecular formula is C19H22ClNO3. The summed E-state index contributed by atoms with van der Waals surface area (Å²) in [5.74, 6) is 1.25. The highest BCUT2D eigenvalue weighted by atomic mass is 35.5. The van der Waals surface area contributed by atoms with Gasteiger partial charge < -0.3 is 14.8 Å². The summed E-state index contributed by atoms with van der Waals surface area (Å²) in [6.45, 7) is 4.71. The number of ether oxygens (including phenoxy) is 2. The van der Waals surface area contributed by atoms with E-state index in [0.717, 1.165) is 11.3 Å². The number of hydrogen-bond donors (Lipinski definition) is 1. The lowest BCUT2D eigenvalue weighted by Crippen LogP contribution is -2.39. The summed E-state index contributed by atoms with van der Waals surface area (Å²) in [5.41, 5.74) is 1.07. The summed E-state index contributed by atoms with van der Waals surface area (Å²) in [5, 5.41) is 3.41. The molecule has 1 unspecified atom stereocenters. The number of aryl methyl sites for hydroxylation is 1. The van der Waals surface area contributed by atoms with Crippen molar-refractivity contribution in [3.63, 3.8) is 0 Å². The lowest BCUT2D eigenvalue weighted by atomic mass is 10.2. The molecule has 0 aromatic heterocycles. The molecule has 0 aliphatic rings. The average molecular weight is 348 g/mol. The summed E-state index contributed by atoms with van der Waals surface area (Å²) in [7, 11) is 0. The summed E-state index contributed by atoms with van der Waals surface area (Å²) in [4.78, 5) is 12.2. The van der Waals surface area contributed by atoms with Crippen LogP contribution < -0.4 is 14.8 Å². The van der Waals surface area contributed by atoms with Crippen LogP contribution in [0.2, 0.25) is 5.02 Å². The van der Waals surface area contributed by atoms with Crippen molar-refractivity contribution in [2.75, 3.05) is 13.2 Å². The van der Waals surface area contributed by atoms with E-state index in [1.165, 1.54) is 0 Å². The van der Waals surface area contributed by atoms with E-state index in [4.69, 9.17) is 21.1 Å². The second-order valence-electron chi connectivity index (χ2n) is 5.38. The summed E-state index contributed by atoms with van der Waals surface area (Å²) < 4.78 is 11.4. The Kier molecular flexibility index (Phi) is 6.94. The van der Waals surface area contributed by atoms with Crippen molar-refractivity contribution in [2.45, 2.75) is 26.4 Å². The number of carbonyl (C=O) groups is 1. The molecule has 0 saturated heterocycles. The second kappa shape index (κ2) is 9.18. The van der Waals surface area contributed by atoms with Gasteiger partial charge in [-0.1, -0.05) is 42.8 Å². The molecule has 128 valence electrons. The quantitative estimate of drug-likeness (QED) is 0.734. The molecule has 24 heavy (non-hydrogen) atoms. The van der Waals surface area contributed by atoms with Crippen LogP contribution >= 0.6 is 11.6 Å². The van der Waals surface area contributed by atoms with Crippen molar-refractivity contribution < 1.29 is 14.3 Å². The van der Waals surface area contributed by atoms with Crippen LogP contribution in [0.25, 0.3) is 0 Å². The number of nitrogens with one attached hydrogen (secondary N) is 1. The van der Waals surface area contributed by atoms with Crippen LogP contribution in [0.1, 0.15) is 18.9 Å². The molecule has 1 atom stereocenters. The maximum atomic E-state index is 12.2. The molecule has 0 heterocycles. The zero-order valence-corrected chi connectivity index (χ0v) is 14.7. The molecule has 2 aromatic carbocycles. The Morgan fingerprint density at radius 1 is 1.21 bits per heavy atom. The topological polar surface area (TPSA) is 47.6 Å². The normalized spacial score (nSPS) is 11.6. The van der Waals surface area contributed by atoms with Gasteiger partial charge in [0.1, 0.15) is 18.1 Å². The molecule has 0 spiro atoms. The van der Waals surface area contributed by atoms with Crippen molar-refractivity contribution in [2.24, 2.45) is 0 Å². The van der Waals surface area contributed by atoms with Gasteiger partial charge in [0.05, 0.1) is 6.54 Å². The van der Waals surface area contributed by atoms with Crippen LogP contribution in [0.15, 0.2) is 48.5 Å². The van der Waals surface area contributed by atoms with Crippen LogP contribution in [0.4, 0.5) is 0 Å². The maximum absolute atomic E-state index is 12.2. The second-order valence-corrected chi connectivity index (χ2v) is 5.81. The van der Waals surface area contributed by atoms with Gasteiger partial charge in [0, 0.05) is 5.02 Å². The first kappa shape index (κ1) is 18.1. The van der Waals surface area contributed by atoms with Crippen LogP contribution in [-0.4, -0.2) is 25.2 Å². The zero-order chi connectivity index (χ0) is 17.4. The SMILES string of the molecule is CCC(Oc1cccc(Cl)c1)C(=O)NCCOc1ccccc1C. The van der Waals surface area contributed by atoms with Gasteiger partial charge in [0.2, 0.25) is 0 Å². The molecule has 0 saturated carbocycles. The van der Waals surface area contributed by atoms with E-state index in [1.54, 1.807) is 24.3 Å². The van der Waals surface area contributed by atoms with E-state index < -0.39 is 6.10 Å². The van der Waals surface area contributed by atoms with Crippen LogP contribution in [0, 0.1) is 6.92 Å². The van der Waals surface area contributed by atoms with E-state index in [2.05, 4.69) is 5.32 Å². The predicted octanol–water partition coefficient (Wildman–Crippen LogP) is 4.00. The predicted molar refractivity (Wildman–Crippen MR) is 95.8 cm³/mol. The van der Waals surface area contributed by atoms with E-state index in [9.17, 15) is 4.79 Å². The Balaban J connectivity index is 1.78. The van der Waals surface area contributed by atoms with Gasteiger partial charge in [-0.3, -0.25) is 4.79 Å². The Morgan fingerprint density at radius 3 is 2.71 bits per heavy atom. The third-order valence-electron chi connectivity index (χ3n) is 3.49. The van der Waals surface area contributed by atoms with Gasteiger partial charge in [-0.05, 0) is 43.2 Å². The number of rotatable bonds is 8. The molecule has 5 heteroatoms. The van der Waals surface area contributed by atoms with Gasteiger partial charge in [0.25, 0.3) is 5.91 Å². The van der Waals surface area contributed by atoms with Gasteiger partial charge in [-0.2, -0.15) is 0 Å². The lowest BCUT2D eigenvalue weighted by molar-refractivity contribution is -0.128. The third-order valence-corrected chi connectivity index (χ3v) is 3.73. The fraction of sp³-hybridized carbons (Fsp3) is 0.316. The number of benzene rings is 2. The number of hydrogen-bond acceptors (Lipinski definition) is 3. The first-order valence-electron chi connectivity index (χ1n) is 7.98. The van der Waals surface area contributed by atoms with Crippen molar-refractivity contribution in [1.29, 1.82) is 0 Å². The Hall–Kier alpha value is -2.20. The van der Waals surface area contributed by atoms with Gasteiger partial charge in [-0.25, -0.2) is 0 Å². The number of amides is 1. The summed E-state index contributed by atoms with van der Waals surface area (Å²) in [6, 6.07) is 14.8. The molecule has 1 amide bonds. The zero-order valence-electron chi connectivity index (χ0n) is 13.9. The van der Waals surface area contributed by atoms with E-state index >= 15 is 0 Å². The maximum Gasteiger partial charge on any atom is 0.261 e. The lowest BCUT2D eigenvalue weighted by Gasteiger charge is -2.17. The van der Waals surface area contributed by atoms with Crippen molar-refractivity contribution in [3.05, 3.63) is 59.1 Å². The minimum absolute atomic E-state index is 0.161. The van der Waals surface area contributed by atoms with Gasteiger partial charge >= 0.3 is 0 Å². The van der Waals surface area contributed by atoms with Crippen LogP contribution in [0.3, 0.4) is 0 Å². The molecule has 1 N–H and O–H groups in total. The fourth-order valence-corrected chi connectivity index (χ4v) is 2.37. The van der Waals surface area contributed by atoms with Crippen LogP contribution in [0.5, 0.6) is 11.5 Å². The van der Waals surface area contributed by atoms with Crippen LogP contribution in [-0.2, 0) is 4.79 Å². The highest BCUT2D eigenvalue weighted by molar-refractivity contribution is 6.30. The van der Waals surface area contributed by atoms with E-state index in [0.29, 0.717) is 30.3 Å². The first-order valence-corrected chi connectivity index (χ1v) is 8.36. The van der Waals surface area contributed by atoms with Gasteiger partial charge in [0.15, 0.2) is 6.10 Å². The van der Waals surface area contributed by atoms with Crippen molar-refractivity contribution >= 4 is 17.5 Å². The fourth-order valence-electron chi connectivity index (χ4n) is 2.19. The minimum atomic E-state index is -0.554. The van der Waals surface area contributed by atoms with Crippen molar-refractivity contribution in [1.82, 2.24) is 5.32 Å².